The summed E-state index contributed by atoms with van der Waals surface area (Å²) in [6.45, 7) is 2.03. The predicted molar refractivity (Wildman–Crippen MR) is 120 cm³/mol. The zero-order chi connectivity index (χ0) is 23.4. The number of aromatic nitrogens is 2. The third kappa shape index (κ3) is 4.77. The van der Waals surface area contributed by atoms with Crippen molar-refractivity contribution in [3.05, 3.63) is 53.5 Å². The first kappa shape index (κ1) is 23.0. The maximum Gasteiger partial charge on any atom is 0.375 e. The summed E-state index contributed by atoms with van der Waals surface area (Å²) in [5.74, 6) is -2.85. The number of ketones is 2. The first-order valence-corrected chi connectivity index (χ1v) is 11.1. The lowest BCUT2D eigenvalue weighted by Crippen LogP contribution is -2.58. The van der Waals surface area contributed by atoms with Crippen molar-refractivity contribution in [2.24, 2.45) is 5.73 Å². The highest BCUT2D eigenvalue weighted by Crippen LogP contribution is 2.23. The van der Waals surface area contributed by atoms with Crippen molar-refractivity contribution in [2.45, 2.75) is 37.4 Å². The van der Waals surface area contributed by atoms with Gasteiger partial charge in [0.1, 0.15) is 5.82 Å². The van der Waals surface area contributed by atoms with Crippen molar-refractivity contribution in [3.63, 3.8) is 0 Å². The Balaban J connectivity index is 1.45. The van der Waals surface area contributed by atoms with Crippen LogP contribution in [-0.4, -0.2) is 69.9 Å². The van der Waals surface area contributed by atoms with E-state index in [9.17, 15) is 19.5 Å². The number of nitrogens with two attached hydrogens (primary N) is 1. The predicted octanol–water partition coefficient (Wildman–Crippen LogP) is 0.0756. The SMILES string of the molecule is NC(C(=O)CN1CCNC1CCc1ccc2c(n1)NCCC2)(C(=O)C(=O)O)c1cccnc1. The fourth-order valence-electron chi connectivity index (χ4n) is 4.42. The van der Waals surface area contributed by atoms with Crippen LogP contribution in [0.15, 0.2) is 36.7 Å². The van der Waals surface area contributed by atoms with E-state index >= 15 is 0 Å². The van der Waals surface area contributed by atoms with Crippen LogP contribution in [0.3, 0.4) is 0 Å². The van der Waals surface area contributed by atoms with E-state index in [0.717, 1.165) is 30.9 Å². The van der Waals surface area contributed by atoms with Gasteiger partial charge in [0.2, 0.25) is 0 Å². The number of anilines is 1. The van der Waals surface area contributed by atoms with Crippen molar-refractivity contribution in [1.82, 2.24) is 20.2 Å². The Labute approximate surface area is 191 Å². The second-order valence-corrected chi connectivity index (χ2v) is 8.43. The molecule has 0 saturated carbocycles. The molecule has 2 unspecified atom stereocenters. The number of nitrogens with zero attached hydrogens (tertiary/aromatic N) is 3. The number of carboxylic acid groups (broad SMARTS) is 1. The molecule has 2 aliphatic rings. The zero-order valence-corrected chi connectivity index (χ0v) is 18.3. The van der Waals surface area contributed by atoms with Gasteiger partial charge in [-0.3, -0.25) is 19.5 Å². The molecule has 2 aliphatic heterocycles. The molecule has 2 atom stereocenters. The van der Waals surface area contributed by atoms with Gasteiger partial charge in [-0.05, 0) is 43.4 Å². The minimum Gasteiger partial charge on any atom is -0.475 e. The molecule has 174 valence electrons. The number of hydrogen-bond donors (Lipinski definition) is 4. The van der Waals surface area contributed by atoms with Crippen molar-refractivity contribution in [3.8, 4) is 0 Å². The van der Waals surface area contributed by atoms with Gasteiger partial charge in [0.25, 0.3) is 5.78 Å². The minimum atomic E-state index is -2.29. The molecule has 4 heterocycles. The number of nitrogens with one attached hydrogen (secondary N) is 2. The van der Waals surface area contributed by atoms with Crippen molar-refractivity contribution < 1.29 is 19.5 Å². The summed E-state index contributed by atoms with van der Waals surface area (Å²) in [4.78, 5) is 47.7. The average Bonchev–Trinajstić information content (AvgIpc) is 3.28. The van der Waals surface area contributed by atoms with Crippen molar-refractivity contribution >= 4 is 23.4 Å². The van der Waals surface area contributed by atoms with Crippen LogP contribution in [0.2, 0.25) is 0 Å². The molecular weight excluding hydrogens is 424 g/mol. The summed E-state index contributed by atoms with van der Waals surface area (Å²) < 4.78 is 0. The van der Waals surface area contributed by atoms with Gasteiger partial charge in [-0.25, -0.2) is 9.78 Å². The highest BCUT2D eigenvalue weighted by molar-refractivity contribution is 6.41. The lowest BCUT2D eigenvalue weighted by Gasteiger charge is -2.29. The van der Waals surface area contributed by atoms with Crippen LogP contribution in [0.1, 0.15) is 29.7 Å². The molecule has 5 N–H and O–H groups in total. The van der Waals surface area contributed by atoms with Crippen LogP contribution in [0.25, 0.3) is 0 Å². The van der Waals surface area contributed by atoms with Gasteiger partial charge in [-0.2, -0.15) is 0 Å². The van der Waals surface area contributed by atoms with Gasteiger partial charge in [-0.15, -0.1) is 0 Å². The molecule has 0 bridgehead atoms. The van der Waals surface area contributed by atoms with Gasteiger partial charge in [-0.1, -0.05) is 12.1 Å². The molecule has 33 heavy (non-hydrogen) atoms. The molecule has 0 aliphatic carbocycles. The Morgan fingerprint density at radius 1 is 1.24 bits per heavy atom. The topological polar surface area (TPSA) is 151 Å². The number of pyridine rings is 2. The minimum absolute atomic E-state index is 0.0665. The quantitative estimate of drug-likeness (QED) is 0.304. The van der Waals surface area contributed by atoms with Crippen LogP contribution < -0.4 is 16.4 Å². The van der Waals surface area contributed by atoms with Crippen molar-refractivity contribution in [2.75, 3.05) is 31.5 Å². The monoisotopic (exact) mass is 452 g/mol. The fourth-order valence-corrected chi connectivity index (χ4v) is 4.42. The number of hydrogen-bond acceptors (Lipinski definition) is 9. The Kier molecular flexibility index (Phi) is 6.77. The van der Waals surface area contributed by atoms with E-state index in [0.29, 0.717) is 25.9 Å². The number of fused-ring (bicyclic) bond motifs is 1. The van der Waals surface area contributed by atoms with E-state index in [1.165, 1.54) is 30.1 Å². The smallest absolute Gasteiger partial charge is 0.375 e. The summed E-state index contributed by atoms with van der Waals surface area (Å²) >= 11 is 0. The third-order valence-electron chi connectivity index (χ3n) is 6.30. The second kappa shape index (κ2) is 9.74. The molecule has 0 spiro atoms. The highest BCUT2D eigenvalue weighted by Gasteiger charge is 2.48. The van der Waals surface area contributed by atoms with E-state index in [4.69, 9.17) is 10.7 Å². The lowest BCUT2D eigenvalue weighted by molar-refractivity contribution is -0.154. The molecule has 0 radical (unpaired) electrons. The number of Topliss-reactive ketones (excluding diaryl/α,β-unsaturated/α-hetero) is 2. The highest BCUT2D eigenvalue weighted by atomic mass is 16.4. The Morgan fingerprint density at radius 3 is 2.85 bits per heavy atom. The fraction of sp³-hybridized carbons (Fsp3) is 0.435. The number of carbonyl (C=O) groups excluding carboxylic acids is 2. The van der Waals surface area contributed by atoms with E-state index in [-0.39, 0.29) is 18.3 Å². The van der Waals surface area contributed by atoms with E-state index in [1.54, 1.807) is 0 Å². The molecule has 1 fully saturated rings. The Bertz CT molecular complexity index is 1050. The molecule has 2 aromatic heterocycles. The Morgan fingerprint density at radius 2 is 2.09 bits per heavy atom. The number of aryl methyl sites for hydroxylation is 2. The number of carbonyl (C=O) groups is 3. The standard InChI is InChI=1S/C23H28N6O4/c24-23(20(31)22(32)33,16-4-2-9-25-13-16)18(30)14-29-12-11-26-19(29)8-7-17-6-5-15-3-1-10-27-21(15)28-17/h2,4-6,9,13,19,26H,1,3,7-8,10-12,14,24H2,(H,27,28)(H,32,33). The van der Waals surface area contributed by atoms with Crippen LogP contribution >= 0.6 is 0 Å². The van der Waals surface area contributed by atoms with Gasteiger partial charge in [0, 0.05) is 43.3 Å². The largest absolute Gasteiger partial charge is 0.475 e. The molecule has 4 rings (SSSR count). The maximum atomic E-state index is 13.2. The molecule has 2 aromatic rings. The van der Waals surface area contributed by atoms with E-state index < -0.39 is 23.1 Å². The number of carboxylic acids is 1. The normalized spacial score (nSPS) is 19.8. The van der Waals surface area contributed by atoms with Crippen LogP contribution in [0.5, 0.6) is 0 Å². The average molecular weight is 453 g/mol. The summed E-state index contributed by atoms with van der Waals surface area (Å²) in [5.41, 5.74) is 6.15. The molecule has 0 aromatic carbocycles. The maximum absolute atomic E-state index is 13.2. The lowest BCUT2D eigenvalue weighted by atomic mass is 9.83. The first-order valence-electron chi connectivity index (χ1n) is 11.1. The molecule has 10 nitrogen and oxygen atoms in total. The van der Waals surface area contributed by atoms with Gasteiger partial charge < -0.3 is 21.5 Å². The molecule has 1 saturated heterocycles. The Hall–Kier alpha value is -3.21. The summed E-state index contributed by atoms with van der Waals surface area (Å²) in [7, 11) is 0. The van der Waals surface area contributed by atoms with Crippen molar-refractivity contribution in [1.29, 1.82) is 0 Å². The van der Waals surface area contributed by atoms with E-state index in [2.05, 4.69) is 21.7 Å². The first-order chi connectivity index (χ1) is 15.9. The number of rotatable bonds is 9. The van der Waals surface area contributed by atoms with Gasteiger partial charge >= 0.3 is 5.97 Å². The summed E-state index contributed by atoms with van der Waals surface area (Å²) in [6.07, 6.45) is 6.16. The molecule has 0 amide bonds. The molecular formula is C23H28N6O4. The summed E-state index contributed by atoms with van der Waals surface area (Å²) in [6, 6.07) is 7.11. The number of aliphatic carboxylic acids is 1. The third-order valence-corrected chi connectivity index (χ3v) is 6.30. The molecule has 10 heteroatoms. The van der Waals surface area contributed by atoms with Crippen LogP contribution in [0, 0.1) is 0 Å². The van der Waals surface area contributed by atoms with Crippen LogP contribution in [0.4, 0.5) is 5.82 Å². The van der Waals surface area contributed by atoms with Gasteiger partial charge in [0.05, 0.1) is 12.7 Å². The zero-order valence-electron chi connectivity index (χ0n) is 18.3. The van der Waals surface area contributed by atoms with E-state index in [1.807, 2.05) is 11.0 Å². The second-order valence-electron chi connectivity index (χ2n) is 8.43. The summed E-state index contributed by atoms with van der Waals surface area (Å²) in [5, 5.41) is 16.0. The van der Waals surface area contributed by atoms with Gasteiger partial charge in [0.15, 0.2) is 11.3 Å². The van der Waals surface area contributed by atoms with Crippen LogP contribution in [-0.2, 0) is 32.8 Å².